The molecule has 126 valence electrons. The number of benzene rings is 1. The molecule has 4 aromatic rings. The van der Waals surface area contributed by atoms with Gasteiger partial charge in [0.15, 0.2) is 0 Å². The molecule has 0 N–H and O–H groups in total. The molecule has 0 unspecified atom stereocenters. The quantitative estimate of drug-likeness (QED) is 0.567. The van der Waals surface area contributed by atoms with Crippen molar-refractivity contribution in [3.05, 3.63) is 54.0 Å². The number of alkyl halides is 3. The van der Waals surface area contributed by atoms with Crippen LogP contribution in [0.2, 0.25) is 0 Å². The number of hydrogen-bond donors (Lipinski definition) is 0. The molecule has 0 fully saturated rings. The molecule has 1 aromatic carbocycles. The topological polar surface area (TPSA) is 82.5 Å². The molecule has 0 saturated carbocycles. The Bertz CT molecular complexity index is 1020. The van der Waals surface area contributed by atoms with Gasteiger partial charge in [0.1, 0.15) is 5.52 Å². The highest BCUT2D eigenvalue weighted by Crippen LogP contribution is 2.29. The molecule has 0 atom stereocenters. The number of halogens is 3. The number of nitrogens with zero attached hydrogens (tertiary/aromatic N) is 6. The lowest BCUT2D eigenvalue weighted by Crippen LogP contribution is -2.04. The molecule has 7 nitrogen and oxygen atoms in total. The van der Waals surface area contributed by atoms with Crippen molar-refractivity contribution in [2.24, 2.45) is 0 Å². The van der Waals surface area contributed by atoms with E-state index in [1.807, 2.05) is 6.07 Å². The van der Waals surface area contributed by atoms with Crippen LogP contribution in [0.15, 0.2) is 47.1 Å². The third kappa shape index (κ3) is 2.93. The van der Waals surface area contributed by atoms with Gasteiger partial charge in [-0.05, 0) is 17.7 Å². The van der Waals surface area contributed by atoms with Crippen molar-refractivity contribution in [3.8, 4) is 11.4 Å². The van der Waals surface area contributed by atoms with Crippen LogP contribution in [-0.2, 0) is 12.7 Å². The SMILES string of the molecule is FC(F)(F)c1nc(-c2ccc(Cn3nnc4ncccc43)cc2)no1. The van der Waals surface area contributed by atoms with Crippen LogP contribution in [0.4, 0.5) is 13.2 Å². The van der Waals surface area contributed by atoms with E-state index in [1.54, 1.807) is 41.2 Å². The van der Waals surface area contributed by atoms with Gasteiger partial charge in [0.2, 0.25) is 11.5 Å². The van der Waals surface area contributed by atoms with E-state index in [-0.39, 0.29) is 5.82 Å². The molecular formula is C15H9F3N6O. The third-order valence-corrected chi connectivity index (χ3v) is 3.50. The van der Waals surface area contributed by atoms with Crippen LogP contribution in [0.3, 0.4) is 0 Å². The summed E-state index contributed by atoms with van der Waals surface area (Å²) in [7, 11) is 0. The largest absolute Gasteiger partial charge is 0.471 e. The van der Waals surface area contributed by atoms with Gasteiger partial charge in [0.25, 0.3) is 0 Å². The van der Waals surface area contributed by atoms with E-state index in [9.17, 15) is 13.2 Å². The van der Waals surface area contributed by atoms with E-state index in [4.69, 9.17) is 0 Å². The number of hydrogen-bond acceptors (Lipinski definition) is 6. The Kier molecular flexibility index (Phi) is 3.45. The summed E-state index contributed by atoms with van der Waals surface area (Å²) >= 11 is 0. The predicted octanol–water partition coefficient (Wildman–Crippen LogP) is 2.94. The van der Waals surface area contributed by atoms with E-state index in [0.29, 0.717) is 17.8 Å². The normalized spacial score (nSPS) is 12.0. The molecule has 0 radical (unpaired) electrons. The van der Waals surface area contributed by atoms with Crippen molar-refractivity contribution in [1.82, 2.24) is 30.1 Å². The molecule has 0 aliphatic rings. The van der Waals surface area contributed by atoms with Crippen LogP contribution in [-0.4, -0.2) is 30.1 Å². The maximum atomic E-state index is 12.5. The van der Waals surface area contributed by atoms with Crippen molar-refractivity contribution >= 4 is 11.2 Å². The number of pyridine rings is 1. The Balaban J connectivity index is 1.57. The van der Waals surface area contributed by atoms with Crippen LogP contribution >= 0.6 is 0 Å². The summed E-state index contributed by atoms with van der Waals surface area (Å²) in [6.45, 7) is 0.447. The van der Waals surface area contributed by atoms with Crippen molar-refractivity contribution < 1.29 is 17.7 Å². The van der Waals surface area contributed by atoms with Gasteiger partial charge in [-0.1, -0.05) is 34.6 Å². The second-order valence-electron chi connectivity index (χ2n) is 5.21. The van der Waals surface area contributed by atoms with Gasteiger partial charge in [-0.25, -0.2) is 9.67 Å². The van der Waals surface area contributed by atoms with Gasteiger partial charge in [0, 0.05) is 11.8 Å². The van der Waals surface area contributed by atoms with Crippen molar-refractivity contribution in [3.63, 3.8) is 0 Å². The van der Waals surface area contributed by atoms with E-state index < -0.39 is 12.1 Å². The van der Waals surface area contributed by atoms with E-state index in [2.05, 4.69) is 30.0 Å². The number of aromatic nitrogens is 6. The molecule has 0 aliphatic carbocycles. The van der Waals surface area contributed by atoms with Crippen LogP contribution in [0.5, 0.6) is 0 Å². The van der Waals surface area contributed by atoms with Gasteiger partial charge in [-0.3, -0.25) is 0 Å². The Morgan fingerprint density at radius 1 is 1.08 bits per heavy atom. The zero-order chi connectivity index (χ0) is 17.4. The fourth-order valence-electron chi connectivity index (χ4n) is 2.32. The molecular weight excluding hydrogens is 337 g/mol. The fraction of sp³-hybridized carbons (Fsp3) is 0.133. The monoisotopic (exact) mass is 346 g/mol. The molecule has 0 spiro atoms. The minimum Gasteiger partial charge on any atom is -0.329 e. The van der Waals surface area contributed by atoms with Crippen LogP contribution < -0.4 is 0 Å². The molecule has 0 bridgehead atoms. The Morgan fingerprint density at radius 3 is 2.60 bits per heavy atom. The standard InChI is InChI=1S/C15H9F3N6O/c16-15(17,18)14-20-12(22-25-14)10-5-3-9(4-6-10)8-24-11-2-1-7-19-13(11)21-23-24/h1-7H,8H2. The van der Waals surface area contributed by atoms with E-state index >= 15 is 0 Å². The van der Waals surface area contributed by atoms with Crippen molar-refractivity contribution in [1.29, 1.82) is 0 Å². The fourth-order valence-corrected chi connectivity index (χ4v) is 2.32. The number of rotatable bonds is 3. The van der Waals surface area contributed by atoms with Gasteiger partial charge < -0.3 is 4.52 Å². The lowest BCUT2D eigenvalue weighted by molar-refractivity contribution is -0.159. The summed E-state index contributed by atoms with van der Waals surface area (Å²) in [5.74, 6) is -1.48. The maximum Gasteiger partial charge on any atom is 0.471 e. The van der Waals surface area contributed by atoms with Gasteiger partial charge >= 0.3 is 12.1 Å². The van der Waals surface area contributed by atoms with Gasteiger partial charge in [-0.2, -0.15) is 18.2 Å². The first-order valence-corrected chi connectivity index (χ1v) is 7.15. The number of fused-ring (bicyclic) bond motifs is 1. The zero-order valence-corrected chi connectivity index (χ0v) is 12.5. The van der Waals surface area contributed by atoms with E-state index in [0.717, 1.165) is 11.1 Å². The smallest absolute Gasteiger partial charge is 0.329 e. The molecule has 10 heteroatoms. The lowest BCUT2D eigenvalue weighted by atomic mass is 10.1. The summed E-state index contributed by atoms with van der Waals surface area (Å²) in [6, 6.07) is 10.4. The minimum atomic E-state index is -4.66. The predicted molar refractivity (Wildman–Crippen MR) is 79.2 cm³/mol. The molecule has 3 aromatic heterocycles. The average molecular weight is 346 g/mol. The maximum absolute atomic E-state index is 12.5. The first-order chi connectivity index (χ1) is 12.0. The summed E-state index contributed by atoms with van der Waals surface area (Å²) < 4.78 is 43.4. The highest BCUT2D eigenvalue weighted by Gasteiger charge is 2.38. The lowest BCUT2D eigenvalue weighted by Gasteiger charge is -2.03. The zero-order valence-electron chi connectivity index (χ0n) is 12.5. The summed E-state index contributed by atoms with van der Waals surface area (Å²) in [4.78, 5) is 7.47. The minimum absolute atomic E-state index is 0.116. The third-order valence-electron chi connectivity index (χ3n) is 3.50. The van der Waals surface area contributed by atoms with Crippen LogP contribution in [0.1, 0.15) is 11.5 Å². The molecule has 3 heterocycles. The van der Waals surface area contributed by atoms with Crippen LogP contribution in [0.25, 0.3) is 22.6 Å². The summed E-state index contributed by atoms with van der Waals surface area (Å²) in [5, 5.41) is 11.4. The first kappa shape index (κ1) is 15.2. The van der Waals surface area contributed by atoms with E-state index in [1.165, 1.54) is 0 Å². The summed E-state index contributed by atoms with van der Waals surface area (Å²) in [5.41, 5.74) is 2.65. The Morgan fingerprint density at radius 2 is 1.88 bits per heavy atom. The molecule has 0 aliphatic heterocycles. The summed E-state index contributed by atoms with van der Waals surface area (Å²) in [6.07, 6.45) is -3.02. The van der Waals surface area contributed by atoms with Gasteiger partial charge in [-0.15, -0.1) is 5.10 Å². The van der Waals surface area contributed by atoms with Crippen molar-refractivity contribution in [2.45, 2.75) is 12.7 Å². The Labute approximate surface area is 138 Å². The second kappa shape index (κ2) is 5.65. The van der Waals surface area contributed by atoms with Gasteiger partial charge in [0.05, 0.1) is 6.54 Å². The highest BCUT2D eigenvalue weighted by atomic mass is 19.4. The molecule has 25 heavy (non-hydrogen) atoms. The average Bonchev–Trinajstić information content (AvgIpc) is 3.23. The second-order valence-corrected chi connectivity index (χ2v) is 5.21. The molecule has 0 amide bonds. The highest BCUT2D eigenvalue weighted by molar-refractivity contribution is 5.69. The Hall–Kier alpha value is -3.30. The van der Waals surface area contributed by atoms with Crippen molar-refractivity contribution in [2.75, 3.05) is 0 Å². The molecule has 0 saturated heterocycles. The first-order valence-electron chi connectivity index (χ1n) is 7.15. The van der Waals surface area contributed by atoms with Crippen LogP contribution in [0, 0.1) is 0 Å². The molecule has 4 rings (SSSR count).